The Morgan fingerprint density at radius 2 is 2.00 bits per heavy atom. The number of carbonyl (C=O) groups excluding carboxylic acids is 1. The lowest BCUT2D eigenvalue weighted by atomic mass is 9.83. The van der Waals surface area contributed by atoms with Gasteiger partial charge in [0.25, 0.3) is 0 Å². The van der Waals surface area contributed by atoms with E-state index in [0.29, 0.717) is 5.69 Å². The third-order valence-electron chi connectivity index (χ3n) is 3.48. The predicted octanol–water partition coefficient (Wildman–Crippen LogP) is 2.15. The molecule has 2 aromatic rings. The molecule has 0 saturated heterocycles. The number of nitrogens with two attached hydrogens (primary N) is 1. The Balaban J connectivity index is 2.13. The van der Waals surface area contributed by atoms with E-state index in [9.17, 15) is 4.79 Å². The van der Waals surface area contributed by atoms with Crippen LogP contribution >= 0.6 is 0 Å². The largest absolute Gasteiger partial charge is 0.399 e. The Bertz CT molecular complexity index is 572. The van der Waals surface area contributed by atoms with Crippen molar-refractivity contribution in [3.8, 4) is 0 Å². The van der Waals surface area contributed by atoms with Crippen LogP contribution in [0.3, 0.4) is 0 Å². The molecular formula is C15H20N4O. The number of aromatic amines is 1. The summed E-state index contributed by atoms with van der Waals surface area (Å²) in [5.41, 5.74) is 6.66. The van der Waals surface area contributed by atoms with Crippen LogP contribution in [0.4, 0.5) is 5.69 Å². The third kappa shape index (κ3) is 2.82. The normalized spacial score (nSPS) is 12.9. The number of rotatable bonds is 4. The molecule has 0 aliphatic heterocycles. The number of hydrogen-bond donors (Lipinski definition) is 3. The second kappa shape index (κ2) is 5.36. The van der Waals surface area contributed by atoms with Gasteiger partial charge in [-0.15, -0.1) is 0 Å². The number of H-pyrrole nitrogens is 1. The highest BCUT2D eigenvalue weighted by Gasteiger charge is 2.31. The molecule has 106 valence electrons. The average Bonchev–Trinajstić information content (AvgIpc) is 2.93. The van der Waals surface area contributed by atoms with Crippen molar-refractivity contribution in [1.82, 2.24) is 15.3 Å². The average molecular weight is 272 g/mol. The van der Waals surface area contributed by atoms with Crippen LogP contribution in [0.5, 0.6) is 0 Å². The molecule has 0 fully saturated rings. The molecule has 0 radical (unpaired) electrons. The van der Waals surface area contributed by atoms with Crippen LogP contribution < -0.4 is 11.1 Å². The van der Waals surface area contributed by atoms with Gasteiger partial charge in [0.05, 0.1) is 11.5 Å². The summed E-state index contributed by atoms with van der Waals surface area (Å²) in [7, 11) is 0. The number of nitrogens with one attached hydrogen (secondary N) is 2. The Hall–Kier alpha value is -2.30. The van der Waals surface area contributed by atoms with Crippen molar-refractivity contribution in [2.75, 3.05) is 5.73 Å². The molecule has 1 aromatic heterocycles. The Labute approximate surface area is 118 Å². The van der Waals surface area contributed by atoms with Gasteiger partial charge in [-0.3, -0.25) is 4.79 Å². The topological polar surface area (TPSA) is 83.8 Å². The van der Waals surface area contributed by atoms with Crippen molar-refractivity contribution < 1.29 is 4.79 Å². The fourth-order valence-corrected chi connectivity index (χ4v) is 1.99. The fourth-order valence-electron chi connectivity index (χ4n) is 1.99. The highest BCUT2D eigenvalue weighted by Crippen LogP contribution is 2.25. The highest BCUT2D eigenvalue weighted by atomic mass is 16.2. The van der Waals surface area contributed by atoms with Gasteiger partial charge in [0.15, 0.2) is 0 Å². The molecule has 2 rings (SSSR count). The lowest BCUT2D eigenvalue weighted by Crippen LogP contribution is -2.41. The van der Waals surface area contributed by atoms with Crippen LogP contribution in [0.25, 0.3) is 0 Å². The van der Waals surface area contributed by atoms with Gasteiger partial charge < -0.3 is 16.0 Å². The van der Waals surface area contributed by atoms with Gasteiger partial charge in [0.1, 0.15) is 5.82 Å². The predicted molar refractivity (Wildman–Crippen MR) is 79.0 cm³/mol. The van der Waals surface area contributed by atoms with E-state index >= 15 is 0 Å². The van der Waals surface area contributed by atoms with Gasteiger partial charge in [-0.1, -0.05) is 12.1 Å². The van der Waals surface area contributed by atoms with Crippen molar-refractivity contribution in [2.45, 2.75) is 32.2 Å². The van der Waals surface area contributed by atoms with Crippen LogP contribution in [-0.4, -0.2) is 15.9 Å². The zero-order chi connectivity index (χ0) is 14.8. The number of anilines is 1. The number of amides is 1. The van der Waals surface area contributed by atoms with E-state index in [1.807, 2.05) is 32.9 Å². The van der Waals surface area contributed by atoms with Gasteiger partial charge in [-0.05, 0) is 38.5 Å². The van der Waals surface area contributed by atoms with Crippen LogP contribution in [0.15, 0.2) is 36.7 Å². The van der Waals surface area contributed by atoms with E-state index in [1.165, 1.54) is 0 Å². The highest BCUT2D eigenvalue weighted by molar-refractivity contribution is 5.87. The first-order chi connectivity index (χ1) is 9.41. The minimum Gasteiger partial charge on any atom is -0.399 e. The van der Waals surface area contributed by atoms with Gasteiger partial charge in [0.2, 0.25) is 5.91 Å². The number of hydrogen-bond acceptors (Lipinski definition) is 3. The van der Waals surface area contributed by atoms with E-state index in [0.717, 1.165) is 11.4 Å². The van der Waals surface area contributed by atoms with Crippen LogP contribution in [0.2, 0.25) is 0 Å². The first-order valence-corrected chi connectivity index (χ1v) is 6.57. The van der Waals surface area contributed by atoms with E-state index in [2.05, 4.69) is 15.3 Å². The molecule has 1 unspecified atom stereocenters. The van der Waals surface area contributed by atoms with Crippen LogP contribution in [0, 0.1) is 0 Å². The maximum atomic E-state index is 12.5. The zero-order valence-corrected chi connectivity index (χ0v) is 12.0. The molecule has 1 amide bonds. The fraction of sp³-hybridized carbons (Fsp3) is 0.333. The molecule has 5 heteroatoms. The molecule has 0 spiro atoms. The van der Waals surface area contributed by atoms with Gasteiger partial charge in [0, 0.05) is 18.1 Å². The molecule has 5 nitrogen and oxygen atoms in total. The van der Waals surface area contributed by atoms with E-state index in [4.69, 9.17) is 5.73 Å². The first-order valence-electron chi connectivity index (χ1n) is 6.57. The maximum absolute atomic E-state index is 12.5. The summed E-state index contributed by atoms with van der Waals surface area (Å²) >= 11 is 0. The molecule has 0 aliphatic carbocycles. The van der Waals surface area contributed by atoms with E-state index in [1.54, 1.807) is 24.5 Å². The summed E-state index contributed by atoms with van der Waals surface area (Å²) in [6.45, 7) is 5.68. The number of nitrogens with zero attached hydrogens (tertiary/aromatic N) is 1. The second-order valence-corrected chi connectivity index (χ2v) is 5.42. The minimum absolute atomic E-state index is 0.0498. The van der Waals surface area contributed by atoms with Crippen LogP contribution in [-0.2, 0) is 10.2 Å². The first kappa shape index (κ1) is 14.1. The molecule has 0 bridgehead atoms. The Morgan fingerprint density at radius 3 is 2.55 bits per heavy atom. The SMILES string of the molecule is CC(NC(=O)C(C)(C)c1ccc(N)cc1)c1ncc[nH]1. The molecule has 1 aromatic carbocycles. The second-order valence-electron chi connectivity index (χ2n) is 5.42. The van der Waals surface area contributed by atoms with Crippen molar-refractivity contribution in [1.29, 1.82) is 0 Å². The van der Waals surface area contributed by atoms with Gasteiger partial charge in [-0.2, -0.15) is 0 Å². The summed E-state index contributed by atoms with van der Waals surface area (Å²) in [6.07, 6.45) is 3.41. The van der Waals surface area contributed by atoms with E-state index in [-0.39, 0.29) is 11.9 Å². The Morgan fingerprint density at radius 1 is 1.35 bits per heavy atom. The number of nitrogen functional groups attached to an aromatic ring is 1. The van der Waals surface area contributed by atoms with Crippen molar-refractivity contribution in [3.63, 3.8) is 0 Å². The summed E-state index contributed by atoms with van der Waals surface area (Å²) in [5, 5.41) is 2.97. The molecule has 1 heterocycles. The number of benzene rings is 1. The molecule has 0 saturated carbocycles. The molecule has 1 atom stereocenters. The summed E-state index contributed by atoms with van der Waals surface area (Å²) < 4.78 is 0. The number of carbonyl (C=O) groups is 1. The van der Waals surface area contributed by atoms with Crippen molar-refractivity contribution in [2.24, 2.45) is 0 Å². The van der Waals surface area contributed by atoms with Crippen molar-refractivity contribution in [3.05, 3.63) is 48.0 Å². The summed E-state index contributed by atoms with van der Waals surface area (Å²) in [5.74, 6) is 0.692. The summed E-state index contributed by atoms with van der Waals surface area (Å²) in [6, 6.07) is 7.21. The van der Waals surface area contributed by atoms with Crippen LogP contribution in [0.1, 0.15) is 38.2 Å². The van der Waals surface area contributed by atoms with E-state index < -0.39 is 5.41 Å². The third-order valence-corrected chi connectivity index (χ3v) is 3.48. The Kier molecular flexibility index (Phi) is 3.79. The quantitative estimate of drug-likeness (QED) is 0.746. The van der Waals surface area contributed by atoms with Crippen molar-refractivity contribution >= 4 is 11.6 Å². The molecule has 0 aliphatic rings. The van der Waals surface area contributed by atoms with Gasteiger partial charge in [-0.25, -0.2) is 4.98 Å². The lowest BCUT2D eigenvalue weighted by molar-refractivity contribution is -0.126. The number of aromatic nitrogens is 2. The standard InChI is InChI=1S/C15H20N4O/c1-10(13-17-8-9-18-13)19-14(20)15(2,3)11-4-6-12(16)7-5-11/h4-10H,16H2,1-3H3,(H,17,18)(H,19,20). The smallest absolute Gasteiger partial charge is 0.230 e. The maximum Gasteiger partial charge on any atom is 0.230 e. The van der Waals surface area contributed by atoms with Gasteiger partial charge >= 0.3 is 0 Å². The number of imidazole rings is 1. The minimum atomic E-state index is -0.630. The molecular weight excluding hydrogens is 252 g/mol. The zero-order valence-electron chi connectivity index (χ0n) is 12.0. The monoisotopic (exact) mass is 272 g/mol. The summed E-state index contributed by atoms with van der Waals surface area (Å²) in [4.78, 5) is 19.6. The molecule has 4 N–H and O–H groups in total. The molecule has 20 heavy (non-hydrogen) atoms. The lowest BCUT2D eigenvalue weighted by Gasteiger charge is -2.26.